The van der Waals surface area contributed by atoms with Gasteiger partial charge in [0.15, 0.2) is 0 Å². The molecule has 0 bridgehead atoms. The van der Waals surface area contributed by atoms with Crippen molar-refractivity contribution in [3.63, 3.8) is 0 Å². The maximum atomic E-state index is 5.27. The zero-order valence-corrected chi connectivity index (χ0v) is 13.7. The molecule has 0 saturated heterocycles. The fourth-order valence-electron chi connectivity index (χ4n) is 1.85. The number of rotatable bonds is 4. The van der Waals surface area contributed by atoms with Crippen LogP contribution in [-0.4, -0.2) is 13.2 Å². The summed E-state index contributed by atoms with van der Waals surface area (Å²) in [7, 11) is 1.72. The first-order valence-corrected chi connectivity index (χ1v) is 7.26. The number of methoxy groups -OCH3 is 1. The van der Waals surface area contributed by atoms with Crippen LogP contribution in [0.15, 0.2) is 18.2 Å². The van der Waals surface area contributed by atoms with Crippen LogP contribution in [0.25, 0.3) is 0 Å². The minimum Gasteiger partial charge on any atom is -0.497 e. The predicted octanol–water partition coefficient (Wildman–Crippen LogP) is 4.69. The maximum Gasteiger partial charge on any atom is 0.119 e. The van der Waals surface area contributed by atoms with Crippen molar-refractivity contribution in [3.05, 3.63) is 29.3 Å². The van der Waals surface area contributed by atoms with Gasteiger partial charge in [0, 0.05) is 0 Å². The topological polar surface area (TPSA) is 35.2 Å². The van der Waals surface area contributed by atoms with E-state index in [9.17, 15) is 0 Å². The molecule has 0 amide bonds. The van der Waals surface area contributed by atoms with E-state index >= 15 is 0 Å². The van der Waals surface area contributed by atoms with Crippen molar-refractivity contribution in [2.75, 3.05) is 7.11 Å². The van der Waals surface area contributed by atoms with Gasteiger partial charge in [-0.15, -0.1) is 0 Å². The summed E-state index contributed by atoms with van der Waals surface area (Å²) in [5, 5.41) is 0. The average molecular weight is 265 g/mol. The van der Waals surface area contributed by atoms with E-state index in [1.165, 1.54) is 17.5 Å². The molecule has 2 N–H and O–H groups in total. The molecule has 2 nitrogen and oxygen atoms in total. The van der Waals surface area contributed by atoms with Crippen molar-refractivity contribution < 1.29 is 4.74 Å². The minimum atomic E-state index is 0.333. The molecule has 19 heavy (non-hydrogen) atoms. The van der Waals surface area contributed by atoms with Crippen LogP contribution in [0.5, 0.6) is 5.75 Å². The van der Waals surface area contributed by atoms with Gasteiger partial charge in [0.2, 0.25) is 0 Å². The second kappa shape index (κ2) is 8.98. The Balaban J connectivity index is 0.000000711. The van der Waals surface area contributed by atoms with Gasteiger partial charge in [-0.05, 0) is 47.6 Å². The lowest BCUT2D eigenvalue weighted by Crippen LogP contribution is -2.06. The van der Waals surface area contributed by atoms with Gasteiger partial charge in [0.1, 0.15) is 5.75 Å². The SMILES string of the molecule is CC(C)N.CCC(C)c1ccc(OC)cc1C(C)C. The summed E-state index contributed by atoms with van der Waals surface area (Å²) in [4.78, 5) is 0. The third-order valence-corrected chi connectivity index (χ3v) is 3.06. The molecule has 0 saturated carbocycles. The largest absolute Gasteiger partial charge is 0.497 e. The quantitative estimate of drug-likeness (QED) is 0.857. The van der Waals surface area contributed by atoms with Crippen LogP contribution < -0.4 is 10.5 Å². The number of benzene rings is 1. The van der Waals surface area contributed by atoms with Gasteiger partial charge >= 0.3 is 0 Å². The lowest BCUT2D eigenvalue weighted by Gasteiger charge is -2.18. The molecule has 0 aromatic heterocycles. The highest BCUT2D eigenvalue weighted by atomic mass is 16.5. The molecule has 2 heteroatoms. The van der Waals surface area contributed by atoms with Gasteiger partial charge in [-0.2, -0.15) is 0 Å². The first-order valence-electron chi connectivity index (χ1n) is 7.26. The van der Waals surface area contributed by atoms with Crippen LogP contribution >= 0.6 is 0 Å². The van der Waals surface area contributed by atoms with Gasteiger partial charge in [0.25, 0.3) is 0 Å². The highest BCUT2D eigenvalue weighted by Gasteiger charge is 2.12. The zero-order chi connectivity index (χ0) is 15.0. The second-order valence-corrected chi connectivity index (χ2v) is 5.70. The molecule has 0 heterocycles. The third kappa shape index (κ3) is 6.63. The first-order chi connectivity index (χ1) is 8.83. The monoisotopic (exact) mass is 265 g/mol. The maximum absolute atomic E-state index is 5.27. The molecule has 1 rings (SSSR count). The summed E-state index contributed by atoms with van der Waals surface area (Å²) in [6.07, 6.45) is 1.19. The molecule has 110 valence electrons. The highest BCUT2D eigenvalue weighted by Crippen LogP contribution is 2.31. The second-order valence-electron chi connectivity index (χ2n) is 5.70. The van der Waals surface area contributed by atoms with Crippen molar-refractivity contribution >= 4 is 0 Å². The van der Waals surface area contributed by atoms with Crippen LogP contribution in [0.4, 0.5) is 0 Å². The fraction of sp³-hybridized carbons (Fsp3) is 0.647. The van der Waals surface area contributed by atoms with Gasteiger partial charge in [-0.25, -0.2) is 0 Å². The van der Waals surface area contributed by atoms with Crippen molar-refractivity contribution in [2.45, 2.75) is 65.8 Å². The molecule has 0 aliphatic carbocycles. The van der Waals surface area contributed by atoms with E-state index in [0.717, 1.165) is 5.75 Å². The molecule has 1 unspecified atom stereocenters. The van der Waals surface area contributed by atoms with Crippen LogP contribution in [0, 0.1) is 0 Å². The standard InChI is InChI=1S/C14H22O.C3H9N/c1-6-11(4)13-8-7-12(15-5)9-14(13)10(2)3;1-3(2)4/h7-11H,6H2,1-5H3;3H,4H2,1-2H3. The minimum absolute atomic E-state index is 0.333. The van der Waals surface area contributed by atoms with Gasteiger partial charge in [0.05, 0.1) is 7.11 Å². The molecule has 0 fully saturated rings. The normalized spacial score (nSPS) is 12.1. The van der Waals surface area contributed by atoms with Gasteiger partial charge in [-0.1, -0.05) is 47.6 Å². The van der Waals surface area contributed by atoms with E-state index < -0.39 is 0 Å². The molecule has 0 radical (unpaired) electrons. The predicted molar refractivity (Wildman–Crippen MR) is 85.1 cm³/mol. The fourth-order valence-corrected chi connectivity index (χ4v) is 1.85. The molecule has 0 aliphatic heterocycles. The zero-order valence-electron chi connectivity index (χ0n) is 13.7. The average Bonchev–Trinajstić information content (AvgIpc) is 2.36. The Morgan fingerprint density at radius 1 is 1.05 bits per heavy atom. The van der Waals surface area contributed by atoms with E-state index in [4.69, 9.17) is 10.5 Å². The van der Waals surface area contributed by atoms with Crippen LogP contribution in [0.3, 0.4) is 0 Å². The van der Waals surface area contributed by atoms with Crippen LogP contribution in [0.1, 0.15) is 70.9 Å². The van der Waals surface area contributed by atoms with E-state index in [2.05, 4.69) is 45.9 Å². The summed E-state index contributed by atoms with van der Waals surface area (Å²) >= 11 is 0. The Morgan fingerprint density at radius 2 is 1.58 bits per heavy atom. The van der Waals surface area contributed by atoms with Crippen molar-refractivity contribution in [1.82, 2.24) is 0 Å². The summed E-state index contributed by atoms with van der Waals surface area (Å²) in [5.74, 6) is 2.16. The summed E-state index contributed by atoms with van der Waals surface area (Å²) < 4.78 is 5.27. The summed E-state index contributed by atoms with van der Waals surface area (Å²) in [6.45, 7) is 12.9. The van der Waals surface area contributed by atoms with Gasteiger partial charge < -0.3 is 10.5 Å². The molecule has 0 aliphatic rings. The molecule has 0 spiro atoms. The molecule has 1 atom stereocenters. The lowest BCUT2D eigenvalue weighted by atomic mass is 9.88. The third-order valence-electron chi connectivity index (χ3n) is 3.06. The Bertz CT molecular complexity index is 356. The Hall–Kier alpha value is -1.02. The first kappa shape index (κ1) is 18.0. The number of ether oxygens (including phenoxy) is 1. The van der Waals surface area contributed by atoms with E-state index in [-0.39, 0.29) is 0 Å². The molecular weight excluding hydrogens is 234 g/mol. The van der Waals surface area contributed by atoms with Crippen molar-refractivity contribution in [3.8, 4) is 5.75 Å². The van der Waals surface area contributed by atoms with Crippen LogP contribution in [-0.2, 0) is 0 Å². The molecule has 1 aromatic carbocycles. The number of nitrogens with two attached hydrogens (primary N) is 1. The van der Waals surface area contributed by atoms with E-state index in [1.807, 2.05) is 13.8 Å². The Kier molecular flexibility index (Phi) is 8.49. The van der Waals surface area contributed by atoms with Crippen molar-refractivity contribution in [1.29, 1.82) is 0 Å². The number of hydrogen-bond acceptors (Lipinski definition) is 2. The van der Waals surface area contributed by atoms with Crippen molar-refractivity contribution in [2.24, 2.45) is 5.73 Å². The van der Waals surface area contributed by atoms with Crippen LogP contribution in [0.2, 0.25) is 0 Å². The molecule has 1 aromatic rings. The Labute approximate surface area is 119 Å². The lowest BCUT2D eigenvalue weighted by molar-refractivity contribution is 0.413. The highest BCUT2D eigenvalue weighted by molar-refractivity contribution is 5.39. The molecular formula is C17H31NO. The summed E-state index contributed by atoms with van der Waals surface area (Å²) in [6, 6.07) is 6.78. The smallest absolute Gasteiger partial charge is 0.119 e. The van der Waals surface area contributed by atoms with E-state index in [1.54, 1.807) is 7.11 Å². The summed E-state index contributed by atoms with van der Waals surface area (Å²) in [5.41, 5.74) is 8.00. The van der Waals surface area contributed by atoms with E-state index in [0.29, 0.717) is 17.9 Å². The Morgan fingerprint density at radius 3 is 1.95 bits per heavy atom. The number of hydrogen-bond donors (Lipinski definition) is 1. The van der Waals surface area contributed by atoms with Gasteiger partial charge in [-0.3, -0.25) is 0 Å².